The fourth-order valence-corrected chi connectivity index (χ4v) is 3.49. The van der Waals surface area contributed by atoms with E-state index in [9.17, 15) is 26.4 Å². The SMILES string of the molecule is COC(=O)c1cccc(S(=O)(=O)Nc2ccc(Br)c(C(F)(F)F)c2)c1. The van der Waals surface area contributed by atoms with Gasteiger partial charge in [-0.05, 0) is 36.4 Å². The number of carbonyl (C=O) groups is 1. The molecule has 0 fully saturated rings. The lowest BCUT2D eigenvalue weighted by atomic mass is 10.2. The van der Waals surface area contributed by atoms with Gasteiger partial charge in [-0.25, -0.2) is 13.2 Å². The van der Waals surface area contributed by atoms with Gasteiger partial charge in [0.05, 0.1) is 23.1 Å². The van der Waals surface area contributed by atoms with Crippen molar-refractivity contribution in [1.29, 1.82) is 0 Å². The number of carbonyl (C=O) groups excluding carboxylic acids is 1. The number of rotatable bonds is 4. The van der Waals surface area contributed by atoms with E-state index < -0.39 is 27.7 Å². The average Bonchev–Trinajstić information content (AvgIpc) is 2.54. The molecule has 134 valence electrons. The highest BCUT2D eigenvalue weighted by molar-refractivity contribution is 9.10. The Balaban J connectivity index is 2.38. The van der Waals surface area contributed by atoms with Gasteiger partial charge in [0.25, 0.3) is 10.0 Å². The first-order valence-electron chi connectivity index (χ1n) is 6.62. The second kappa shape index (κ2) is 7.04. The fraction of sp³-hybridized carbons (Fsp3) is 0.133. The zero-order valence-corrected chi connectivity index (χ0v) is 15.0. The Morgan fingerprint density at radius 1 is 1.16 bits per heavy atom. The van der Waals surface area contributed by atoms with Gasteiger partial charge in [0.1, 0.15) is 0 Å². The summed E-state index contributed by atoms with van der Waals surface area (Å²) in [7, 11) is -3.05. The molecule has 0 heterocycles. The summed E-state index contributed by atoms with van der Waals surface area (Å²) in [6.45, 7) is 0. The van der Waals surface area contributed by atoms with Crippen LogP contribution in [-0.4, -0.2) is 21.5 Å². The van der Waals surface area contributed by atoms with Crippen LogP contribution in [0.1, 0.15) is 15.9 Å². The van der Waals surface area contributed by atoms with E-state index in [1.54, 1.807) is 0 Å². The Morgan fingerprint density at radius 3 is 2.44 bits per heavy atom. The summed E-state index contributed by atoms with van der Waals surface area (Å²) >= 11 is 2.78. The van der Waals surface area contributed by atoms with E-state index in [0.717, 1.165) is 19.2 Å². The molecule has 0 saturated carbocycles. The second-order valence-electron chi connectivity index (χ2n) is 4.82. The van der Waals surface area contributed by atoms with Gasteiger partial charge in [-0.15, -0.1) is 0 Å². The maximum atomic E-state index is 12.9. The van der Waals surface area contributed by atoms with Gasteiger partial charge >= 0.3 is 12.1 Å². The lowest BCUT2D eigenvalue weighted by Crippen LogP contribution is -2.15. The molecule has 2 aromatic rings. The van der Waals surface area contributed by atoms with Crippen molar-refractivity contribution in [3.63, 3.8) is 0 Å². The predicted octanol–water partition coefficient (Wildman–Crippen LogP) is 4.06. The summed E-state index contributed by atoms with van der Waals surface area (Å²) < 4.78 is 69.8. The summed E-state index contributed by atoms with van der Waals surface area (Å²) in [5, 5.41) is 0. The van der Waals surface area contributed by atoms with Crippen molar-refractivity contribution < 1.29 is 31.1 Å². The number of sulfonamides is 1. The highest BCUT2D eigenvalue weighted by Gasteiger charge is 2.33. The van der Waals surface area contributed by atoms with E-state index in [-0.39, 0.29) is 20.6 Å². The van der Waals surface area contributed by atoms with Crippen LogP contribution in [0.4, 0.5) is 18.9 Å². The molecule has 5 nitrogen and oxygen atoms in total. The lowest BCUT2D eigenvalue weighted by Gasteiger charge is -2.13. The Morgan fingerprint density at radius 2 is 1.84 bits per heavy atom. The minimum absolute atomic E-state index is 0.00263. The van der Waals surface area contributed by atoms with Gasteiger partial charge in [0.15, 0.2) is 0 Å². The number of halogens is 4. The van der Waals surface area contributed by atoms with Crippen LogP contribution < -0.4 is 4.72 Å². The molecule has 25 heavy (non-hydrogen) atoms. The maximum absolute atomic E-state index is 12.9. The number of methoxy groups -OCH3 is 1. The topological polar surface area (TPSA) is 72.5 Å². The zero-order chi connectivity index (χ0) is 18.8. The van der Waals surface area contributed by atoms with Crippen molar-refractivity contribution in [2.24, 2.45) is 0 Å². The highest BCUT2D eigenvalue weighted by atomic mass is 79.9. The van der Waals surface area contributed by atoms with E-state index in [1.165, 1.54) is 24.3 Å². The minimum Gasteiger partial charge on any atom is -0.465 e. The minimum atomic E-state index is -4.65. The fourth-order valence-electron chi connectivity index (χ4n) is 1.93. The van der Waals surface area contributed by atoms with Crippen LogP contribution in [0.3, 0.4) is 0 Å². The van der Waals surface area contributed by atoms with Gasteiger partial charge in [-0.3, -0.25) is 4.72 Å². The van der Waals surface area contributed by atoms with Crippen molar-refractivity contribution in [3.8, 4) is 0 Å². The zero-order valence-electron chi connectivity index (χ0n) is 12.6. The Hall–Kier alpha value is -2.07. The molecule has 0 spiro atoms. The van der Waals surface area contributed by atoms with Crippen molar-refractivity contribution in [2.45, 2.75) is 11.1 Å². The van der Waals surface area contributed by atoms with Crippen LogP contribution in [0.25, 0.3) is 0 Å². The number of hydrogen-bond donors (Lipinski definition) is 1. The van der Waals surface area contributed by atoms with E-state index in [1.807, 2.05) is 0 Å². The first kappa shape index (κ1) is 19.3. The third kappa shape index (κ3) is 4.51. The molecular formula is C15H11BrF3NO4S. The summed E-state index contributed by atoms with van der Waals surface area (Å²) in [5.41, 5.74) is -1.29. The molecule has 0 atom stereocenters. The van der Waals surface area contributed by atoms with E-state index >= 15 is 0 Å². The molecule has 0 saturated heterocycles. The van der Waals surface area contributed by atoms with Crippen LogP contribution in [0.5, 0.6) is 0 Å². The van der Waals surface area contributed by atoms with Gasteiger partial charge in [-0.1, -0.05) is 22.0 Å². The quantitative estimate of drug-likeness (QED) is 0.732. The lowest BCUT2D eigenvalue weighted by molar-refractivity contribution is -0.138. The van der Waals surface area contributed by atoms with Gasteiger partial charge in [0, 0.05) is 10.2 Å². The summed E-state index contributed by atoms with van der Waals surface area (Å²) in [6.07, 6.45) is -4.65. The first-order valence-corrected chi connectivity index (χ1v) is 8.90. The molecule has 0 aromatic heterocycles. The molecule has 2 aromatic carbocycles. The van der Waals surface area contributed by atoms with Gasteiger partial charge in [0.2, 0.25) is 0 Å². The molecule has 0 unspecified atom stereocenters. The number of benzene rings is 2. The standard InChI is InChI=1S/C15H11BrF3NO4S/c1-24-14(21)9-3-2-4-11(7-9)25(22,23)20-10-5-6-13(16)12(8-10)15(17,18)19/h2-8,20H,1H3. The van der Waals surface area contributed by atoms with E-state index in [0.29, 0.717) is 6.07 Å². The van der Waals surface area contributed by atoms with Crippen molar-refractivity contribution >= 4 is 37.6 Å². The molecule has 0 amide bonds. The number of ether oxygens (including phenoxy) is 1. The number of esters is 1. The number of hydrogen-bond acceptors (Lipinski definition) is 4. The van der Waals surface area contributed by atoms with E-state index in [2.05, 4.69) is 25.4 Å². The van der Waals surface area contributed by atoms with Crippen LogP contribution >= 0.6 is 15.9 Å². The van der Waals surface area contributed by atoms with Crippen molar-refractivity contribution in [3.05, 3.63) is 58.1 Å². The largest absolute Gasteiger partial charge is 0.465 e. The summed E-state index contributed by atoms with van der Waals surface area (Å²) in [4.78, 5) is 11.2. The average molecular weight is 438 g/mol. The number of anilines is 1. The highest BCUT2D eigenvalue weighted by Crippen LogP contribution is 2.36. The molecule has 10 heteroatoms. The molecular weight excluding hydrogens is 427 g/mol. The van der Waals surface area contributed by atoms with Gasteiger partial charge < -0.3 is 4.74 Å². The molecule has 1 N–H and O–H groups in total. The second-order valence-corrected chi connectivity index (χ2v) is 7.35. The number of nitrogens with one attached hydrogen (secondary N) is 1. The van der Waals surface area contributed by atoms with Gasteiger partial charge in [-0.2, -0.15) is 13.2 Å². The van der Waals surface area contributed by atoms with Crippen LogP contribution in [0.15, 0.2) is 51.8 Å². The normalized spacial score (nSPS) is 11.9. The summed E-state index contributed by atoms with van der Waals surface area (Å²) in [5.74, 6) is -0.736. The molecule has 0 bridgehead atoms. The molecule has 0 aliphatic rings. The first-order chi connectivity index (χ1) is 11.5. The van der Waals surface area contributed by atoms with Crippen molar-refractivity contribution in [2.75, 3.05) is 11.8 Å². The maximum Gasteiger partial charge on any atom is 0.417 e. The summed E-state index contributed by atoms with van der Waals surface area (Å²) in [6, 6.07) is 7.89. The van der Waals surface area contributed by atoms with Crippen LogP contribution in [0, 0.1) is 0 Å². The predicted molar refractivity (Wildman–Crippen MR) is 87.7 cm³/mol. The Kier molecular flexibility index (Phi) is 5.43. The van der Waals surface area contributed by atoms with Crippen LogP contribution in [0.2, 0.25) is 0 Å². The van der Waals surface area contributed by atoms with Crippen molar-refractivity contribution in [1.82, 2.24) is 0 Å². The number of alkyl halides is 3. The Labute approximate surface area is 150 Å². The molecule has 0 aliphatic heterocycles. The van der Waals surface area contributed by atoms with E-state index in [4.69, 9.17) is 0 Å². The Bertz CT molecular complexity index is 913. The third-order valence-corrected chi connectivity index (χ3v) is 5.16. The monoisotopic (exact) mass is 437 g/mol. The smallest absolute Gasteiger partial charge is 0.417 e. The molecule has 2 rings (SSSR count). The molecule has 0 radical (unpaired) electrons. The van der Waals surface area contributed by atoms with Crippen LogP contribution in [-0.2, 0) is 20.9 Å². The third-order valence-electron chi connectivity index (χ3n) is 3.09. The molecule has 0 aliphatic carbocycles.